The van der Waals surface area contributed by atoms with Gasteiger partial charge in [0.2, 0.25) is 5.91 Å². The molecule has 1 aliphatic carbocycles. The van der Waals surface area contributed by atoms with Gasteiger partial charge in [-0.3, -0.25) is 14.7 Å². The summed E-state index contributed by atoms with van der Waals surface area (Å²) in [6.07, 6.45) is 7.98. The number of amides is 1. The van der Waals surface area contributed by atoms with Gasteiger partial charge < -0.3 is 20.3 Å². The van der Waals surface area contributed by atoms with Gasteiger partial charge in [0.1, 0.15) is 0 Å². The van der Waals surface area contributed by atoms with Crippen LogP contribution in [-0.4, -0.2) is 87.2 Å². The lowest BCUT2D eigenvalue weighted by Gasteiger charge is -2.34. The van der Waals surface area contributed by atoms with Crippen LogP contribution in [0.5, 0.6) is 0 Å². The first-order valence-corrected chi connectivity index (χ1v) is 10.2. The van der Waals surface area contributed by atoms with Gasteiger partial charge in [-0.25, -0.2) is 0 Å². The fourth-order valence-electron chi connectivity index (χ4n) is 3.60. The molecule has 2 rings (SSSR count). The van der Waals surface area contributed by atoms with E-state index in [9.17, 15) is 4.79 Å². The third-order valence-electron chi connectivity index (χ3n) is 5.28. The SMILES string of the molecule is CN=C(NCCCOC1CCCCC1)NCCN1CCN(C(C)=O)CC1. The van der Waals surface area contributed by atoms with E-state index in [1.807, 2.05) is 4.90 Å². The highest BCUT2D eigenvalue weighted by molar-refractivity contribution is 5.79. The van der Waals surface area contributed by atoms with Crippen LogP contribution >= 0.6 is 0 Å². The van der Waals surface area contributed by atoms with Crippen molar-refractivity contribution in [3.63, 3.8) is 0 Å². The van der Waals surface area contributed by atoms with Gasteiger partial charge in [-0.2, -0.15) is 0 Å². The van der Waals surface area contributed by atoms with E-state index in [-0.39, 0.29) is 5.91 Å². The summed E-state index contributed by atoms with van der Waals surface area (Å²) in [5, 5.41) is 6.72. The second-order valence-corrected chi connectivity index (χ2v) is 7.26. The predicted octanol–water partition coefficient (Wildman–Crippen LogP) is 1.05. The maximum absolute atomic E-state index is 11.3. The minimum atomic E-state index is 0.180. The Morgan fingerprint density at radius 3 is 2.42 bits per heavy atom. The Bertz CT molecular complexity index is 430. The van der Waals surface area contributed by atoms with E-state index in [2.05, 4.69) is 20.5 Å². The van der Waals surface area contributed by atoms with Crippen molar-refractivity contribution in [2.45, 2.75) is 51.6 Å². The summed E-state index contributed by atoms with van der Waals surface area (Å²) in [7, 11) is 1.81. The van der Waals surface area contributed by atoms with Crippen LogP contribution in [0.25, 0.3) is 0 Å². The van der Waals surface area contributed by atoms with Crippen molar-refractivity contribution in [1.82, 2.24) is 20.4 Å². The Morgan fingerprint density at radius 2 is 1.77 bits per heavy atom. The third-order valence-corrected chi connectivity index (χ3v) is 5.28. The Balaban J connectivity index is 1.48. The Kier molecular flexibility index (Phi) is 9.77. The van der Waals surface area contributed by atoms with Crippen LogP contribution in [0, 0.1) is 0 Å². The minimum absolute atomic E-state index is 0.180. The van der Waals surface area contributed by atoms with Crippen molar-refractivity contribution in [2.75, 3.05) is 59.5 Å². The fourth-order valence-corrected chi connectivity index (χ4v) is 3.60. The van der Waals surface area contributed by atoms with Gasteiger partial charge in [-0.1, -0.05) is 19.3 Å². The first kappa shape index (κ1) is 21.0. The van der Waals surface area contributed by atoms with Crippen LogP contribution in [0.4, 0.5) is 0 Å². The van der Waals surface area contributed by atoms with Gasteiger partial charge in [-0.05, 0) is 19.3 Å². The summed E-state index contributed by atoms with van der Waals surface area (Å²) in [6, 6.07) is 0. The van der Waals surface area contributed by atoms with Crippen LogP contribution in [0.3, 0.4) is 0 Å². The molecular formula is C19H37N5O2. The van der Waals surface area contributed by atoms with Crippen molar-refractivity contribution >= 4 is 11.9 Å². The zero-order valence-electron chi connectivity index (χ0n) is 16.6. The summed E-state index contributed by atoms with van der Waals surface area (Å²) in [5.74, 6) is 1.03. The summed E-state index contributed by atoms with van der Waals surface area (Å²) in [5.41, 5.74) is 0. The second kappa shape index (κ2) is 12.1. The maximum Gasteiger partial charge on any atom is 0.219 e. The number of ether oxygens (including phenoxy) is 1. The van der Waals surface area contributed by atoms with Crippen molar-refractivity contribution in [2.24, 2.45) is 4.99 Å². The average molecular weight is 368 g/mol. The van der Waals surface area contributed by atoms with Crippen molar-refractivity contribution in [1.29, 1.82) is 0 Å². The quantitative estimate of drug-likeness (QED) is 0.381. The molecule has 0 aromatic carbocycles. The second-order valence-electron chi connectivity index (χ2n) is 7.26. The van der Waals surface area contributed by atoms with Crippen LogP contribution in [-0.2, 0) is 9.53 Å². The van der Waals surface area contributed by atoms with Gasteiger partial charge in [-0.15, -0.1) is 0 Å². The van der Waals surface area contributed by atoms with Gasteiger partial charge in [0.15, 0.2) is 5.96 Å². The van der Waals surface area contributed by atoms with Gasteiger partial charge in [0.05, 0.1) is 6.10 Å². The fraction of sp³-hybridized carbons (Fsp3) is 0.895. The molecule has 1 heterocycles. The van der Waals surface area contributed by atoms with Crippen molar-refractivity contribution in [3.8, 4) is 0 Å². The van der Waals surface area contributed by atoms with E-state index in [1.54, 1.807) is 14.0 Å². The summed E-state index contributed by atoms with van der Waals surface area (Å²) >= 11 is 0. The highest BCUT2D eigenvalue weighted by Gasteiger charge is 2.18. The zero-order chi connectivity index (χ0) is 18.6. The molecule has 0 radical (unpaired) electrons. The molecule has 0 spiro atoms. The molecule has 1 saturated carbocycles. The number of carbonyl (C=O) groups excluding carboxylic acids is 1. The lowest BCUT2D eigenvalue weighted by Crippen LogP contribution is -2.50. The summed E-state index contributed by atoms with van der Waals surface area (Å²) in [6.45, 7) is 8.76. The number of nitrogens with zero attached hydrogens (tertiary/aromatic N) is 3. The Labute approximate surface area is 158 Å². The first-order valence-electron chi connectivity index (χ1n) is 10.2. The van der Waals surface area contributed by atoms with Crippen LogP contribution in [0.2, 0.25) is 0 Å². The number of rotatable bonds is 8. The van der Waals surface area contributed by atoms with Gasteiger partial charge in [0.25, 0.3) is 0 Å². The maximum atomic E-state index is 11.3. The van der Waals surface area contributed by atoms with E-state index in [1.165, 1.54) is 32.1 Å². The molecule has 0 atom stereocenters. The Hall–Kier alpha value is -1.34. The molecule has 1 saturated heterocycles. The molecule has 0 aromatic heterocycles. The number of guanidine groups is 1. The van der Waals surface area contributed by atoms with Crippen molar-refractivity contribution < 1.29 is 9.53 Å². The van der Waals surface area contributed by atoms with Crippen LogP contribution in [0.1, 0.15) is 45.4 Å². The number of piperazine rings is 1. The monoisotopic (exact) mass is 367 g/mol. The third kappa shape index (κ3) is 7.91. The molecule has 150 valence electrons. The molecule has 0 bridgehead atoms. The van der Waals surface area contributed by atoms with E-state index < -0.39 is 0 Å². The number of aliphatic imine (C=N–C) groups is 1. The zero-order valence-corrected chi connectivity index (χ0v) is 16.6. The normalized spacial score (nSPS) is 20.2. The molecule has 26 heavy (non-hydrogen) atoms. The standard InChI is InChI=1S/C19H37N5O2/c1-17(25)24-14-12-23(13-15-24)11-10-22-19(20-2)21-9-6-16-26-18-7-4-3-5-8-18/h18H,3-16H2,1-2H3,(H2,20,21,22). The van der Waals surface area contributed by atoms with Gasteiger partial charge in [0, 0.05) is 66.4 Å². The molecular weight excluding hydrogens is 330 g/mol. The molecule has 7 heteroatoms. The first-order chi connectivity index (χ1) is 12.7. The van der Waals surface area contributed by atoms with Crippen LogP contribution in [0.15, 0.2) is 4.99 Å². The predicted molar refractivity (Wildman–Crippen MR) is 106 cm³/mol. The van der Waals surface area contributed by atoms with Gasteiger partial charge >= 0.3 is 0 Å². The van der Waals surface area contributed by atoms with E-state index in [0.29, 0.717) is 6.10 Å². The van der Waals surface area contributed by atoms with E-state index >= 15 is 0 Å². The van der Waals surface area contributed by atoms with Crippen LogP contribution < -0.4 is 10.6 Å². The van der Waals surface area contributed by atoms with E-state index in [4.69, 9.17) is 4.74 Å². The molecule has 2 fully saturated rings. The molecule has 1 aliphatic heterocycles. The molecule has 2 N–H and O–H groups in total. The lowest BCUT2D eigenvalue weighted by molar-refractivity contribution is -0.130. The number of nitrogens with one attached hydrogen (secondary N) is 2. The largest absolute Gasteiger partial charge is 0.378 e. The minimum Gasteiger partial charge on any atom is -0.378 e. The topological polar surface area (TPSA) is 69.2 Å². The Morgan fingerprint density at radius 1 is 1.08 bits per heavy atom. The molecule has 0 unspecified atom stereocenters. The molecule has 1 amide bonds. The number of carbonyl (C=O) groups is 1. The smallest absolute Gasteiger partial charge is 0.219 e. The summed E-state index contributed by atoms with van der Waals surface area (Å²) < 4.78 is 5.95. The molecule has 0 aromatic rings. The molecule has 7 nitrogen and oxygen atoms in total. The lowest BCUT2D eigenvalue weighted by atomic mass is 9.98. The summed E-state index contributed by atoms with van der Waals surface area (Å²) in [4.78, 5) is 19.9. The molecule has 2 aliphatic rings. The number of hydrogen-bond donors (Lipinski definition) is 2. The highest BCUT2D eigenvalue weighted by atomic mass is 16.5. The van der Waals surface area contributed by atoms with E-state index in [0.717, 1.165) is 64.8 Å². The highest BCUT2D eigenvalue weighted by Crippen LogP contribution is 2.20. The van der Waals surface area contributed by atoms with Crippen molar-refractivity contribution in [3.05, 3.63) is 0 Å². The number of hydrogen-bond acceptors (Lipinski definition) is 4. The average Bonchev–Trinajstić information content (AvgIpc) is 2.67.